The summed E-state index contributed by atoms with van der Waals surface area (Å²) < 4.78 is 6.05. The summed E-state index contributed by atoms with van der Waals surface area (Å²) in [5, 5.41) is 11.2. The van der Waals surface area contributed by atoms with E-state index in [4.69, 9.17) is 4.74 Å². The average molecular weight is 273 g/mol. The van der Waals surface area contributed by atoms with Gasteiger partial charge in [0.25, 0.3) is 0 Å². The Labute approximate surface area is 115 Å². The smallest absolute Gasteiger partial charge is 0.0896 e. The second-order valence-electron chi connectivity index (χ2n) is 6.80. The number of aliphatic hydroxyl groups is 1. The number of rotatable bonds is 2. The zero-order valence-corrected chi connectivity index (χ0v) is 13.1. The van der Waals surface area contributed by atoms with Crippen LogP contribution in [0.3, 0.4) is 0 Å². The van der Waals surface area contributed by atoms with Crippen LogP contribution < -0.4 is 0 Å². The Morgan fingerprint density at radius 3 is 2.44 bits per heavy atom. The molecule has 0 aliphatic carbocycles. The van der Waals surface area contributed by atoms with Crippen molar-refractivity contribution in [2.45, 2.75) is 57.2 Å². The predicted octanol–water partition coefficient (Wildman–Crippen LogP) is 1.99. The van der Waals surface area contributed by atoms with Gasteiger partial charge in [0.2, 0.25) is 0 Å². The van der Waals surface area contributed by atoms with Gasteiger partial charge in [-0.05, 0) is 27.7 Å². The van der Waals surface area contributed by atoms with E-state index in [1.807, 2.05) is 25.6 Å². The molecule has 1 N–H and O–H groups in total. The van der Waals surface area contributed by atoms with E-state index in [0.29, 0.717) is 5.25 Å². The molecule has 0 amide bonds. The number of hydrogen-bond acceptors (Lipinski definition) is 4. The fourth-order valence-electron chi connectivity index (χ4n) is 3.33. The fourth-order valence-corrected chi connectivity index (χ4v) is 4.42. The summed E-state index contributed by atoms with van der Waals surface area (Å²) in [6.07, 6.45) is -0.377. The lowest BCUT2D eigenvalue weighted by Gasteiger charge is -2.36. The van der Waals surface area contributed by atoms with Crippen molar-refractivity contribution in [3.63, 3.8) is 0 Å². The highest BCUT2D eigenvalue weighted by Crippen LogP contribution is 2.42. The van der Waals surface area contributed by atoms with Crippen LogP contribution in [0.15, 0.2) is 0 Å². The molecule has 0 saturated carbocycles. The van der Waals surface area contributed by atoms with E-state index in [9.17, 15) is 5.11 Å². The molecule has 3 nitrogen and oxygen atoms in total. The first-order valence-corrected chi connectivity index (χ1v) is 7.99. The van der Waals surface area contributed by atoms with Gasteiger partial charge in [0, 0.05) is 36.6 Å². The first-order valence-electron chi connectivity index (χ1n) is 6.94. The van der Waals surface area contributed by atoms with Crippen molar-refractivity contribution in [3.8, 4) is 0 Å². The lowest BCUT2D eigenvalue weighted by atomic mass is 9.84. The number of aliphatic hydroxyl groups excluding tert-OH is 1. The van der Waals surface area contributed by atoms with Gasteiger partial charge in [-0.2, -0.15) is 11.8 Å². The molecule has 0 spiro atoms. The molecule has 0 bridgehead atoms. The van der Waals surface area contributed by atoms with Gasteiger partial charge in [0.05, 0.1) is 17.3 Å². The van der Waals surface area contributed by atoms with Crippen LogP contribution in [0, 0.1) is 5.92 Å². The predicted molar refractivity (Wildman–Crippen MR) is 77.1 cm³/mol. The van der Waals surface area contributed by atoms with Crippen molar-refractivity contribution in [2.75, 3.05) is 25.4 Å². The van der Waals surface area contributed by atoms with E-state index in [1.165, 1.54) is 5.75 Å². The molecular formula is C14H27NO2S. The SMILES string of the molecule is CC1CN(CC2C(O)C(C)(C)OC2(C)C)CCS1. The summed E-state index contributed by atoms with van der Waals surface area (Å²) in [6.45, 7) is 13.7. The van der Waals surface area contributed by atoms with Gasteiger partial charge in [-0.3, -0.25) is 0 Å². The molecule has 2 fully saturated rings. The molecule has 4 heteroatoms. The van der Waals surface area contributed by atoms with Crippen LogP contribution in [0.2, 0.25) is 0 Å². The lowest BCUT2D eigenvalue weighted by molar-refractivity contribution is -0.0913. The highest BCUT2D eigenvalue weighted by Gasteiger charge is 2.53. The largest absolute Gasteiger partial charge is 0.390 e. The Hall–Kier alpha value is 0.230. The van der Waals surface area contributed by atoms with Crippen LogP contribution in [0.1, 0.15) is 34.6 Å². The van der Waals surface area contributed by atoms with Crippen molar-refractivity contribution >= 4 is 11.8 Å². The van der Waals surface area contributed by atoms with Gasteiger partial charge in [-0.25, -0.2) is 0 Å². The van der Waals surface area contributed by atoms with Crippen LogP contribution in [-0.4, -0.2) is 57.9 Å². The monoisotopic (exact) mass is 273 g/mol. The molecule has 2 aliphatic heterocycles. The summed E-state index contributed by atoms with van der Waals surface area (Å²) in [6, 6.07) is 0. The molecule has 18 heavy (non-hydrogen) atoms. The molecule has 2 aliphatic rings. The van der Waals surface area contributed by atoms with Gasteiger partial charge in [-0.1, -0.05) is 6.92 Å². The number of hydrogen-bond donors (Lipinski definition) is 1. The lowest BCUT2D eigenvalue weighted by Crippen LogP contribution is -2.47. The standard InChI is InChI=1S/C14H27NO2S/c1-10-8-15(6-7-18-10)9-11-12(16)14(4,5)17-13(11,2)3/h10-12,16H,6-9H2,1-5H3. The molecular weight excluding hydrogens is 246 g/mol. The molecule has 0 radical (unpaired) electrons. The zero-order valence-electron chi connectivity index (χ0n) is 12.3. The van der Waals surface area contributed by atoms with E-state index < -0.39 is 5.60 Å². The van der Waals surface area contributed by atoms with E-state index in [2.05, 4.69) is 25.7 Å². The van der Waals surface area contributed by atoms with Gasteiger partial charge in [-0.15, -0.1) is 0 Å². The third-order valence-corrected chi connectivity index (χ3v) is 5.43. The maximum absolute atomic E-state index is 10.5. The molecule has 2 saturated heterocycles. The van der Waals surface area contributed by atoms with Crippen molar-refractivity contribution in [2.24, 2.45) is 5.92 Å². The number of nitrogens with zero attached hydrogens (tertiary/aromatic N) is 1. The normalized spacial score (nSPS) is 40.0. The highest BCUT2D eigenvalue weighted by atomic mass is 32.2. The summed E-state index contributed by atoms with van der Waals surface area (Å²) in [4.78, 5) is 2.49. The van der Waals surface area contributed by atoms with Gasteiger partial charge < -0.3 is 14.7 Å². The van der Waals surface area contributed by atoms with E-state index in [1.54, 1.807) is 0 Å². The second-order valence-corrected chi connectivity index (χ2v) is 8.35. The molecule has 3 atom stereocenters. The summed E-state index contributed by atoms with van der Waals surface area (Å²) in [5.74, 6) is 1.40. The summed E-state index contributed by atoms with van der Waals surface area (Å²) in [7, 11) is 0. The Morgan fingerprint density at radius 1 is 1.28 bits per heavy atom. The van der Waals surface area contributed by atoms with Crippen LogP contribution in [0.25, 0.3) is 0 Å². The number of ether oxygens (including phenoxy) is 1. The van der Waals surface area contributed by atoms with Gasteiger partial charge in [0.15, 0.2) is 0 Å². The average Bonchev–Trinajstić information content (AvgIpc) is 2.37. The van der Waals surface area contributed by atoms with Crippen molar-refractivity contribution in [1.82, 2.24) is 4.90 Å². The topological polar surface area (TPSA) is 32.7 Å². The third kappa shape index (κ3) is 2.87. The molecule has 0 aromatic rings. The second kappa shape index (κ2) is 4.97. The molecule has 0 aromatic carbocycles. The van der Waals surface area contributed by atoms with Gasteiger partial charge >= 0.3 is 0 Å². The highest BCUT2D eigenvalue weighted by molar-refractivity contribution is 7.99. The van der Waals surface area contributed by atoms with Crippen molar-refractivity contribution in [1.29, 1.82) is 0 Å². The Bertz CT molecular complexity index is 306. The Kier molecular flexibility index (Phi) is 4.04. The van der Waals surface area contributed by atoms with Gasteiger partial charge in [0.1, 0.15) is 0 Å². The minimum Gasteiger partial charge on any atom is -0.390 e. The van der Waals surface area contributed by atoms with E-state index >= 15 is 0 Å². The maximum atomic E-state index is 10.5. The van der Waals surface area contributed by atoms with Crippen molar-refractivity contribution < 1.29 is 9.84 Å². The molecule has 106 valence electrons. The van der Waals surface area contributed by atoms with Crippen LogP contribution in [0.4, 0.5) is 0 Å². The Balaban J connectivity index is 2.03. The first kappa shape index (κ1) is 14.6. The fraction of sp³-hybridized carbons (Fsp3) is 1.00. The minimum atomic E-state index is -0.426. The van der Waals surface area contributed by atoms with Crippen LogP contribution in [0.5, 0.6) is 0 Å². The van der Waals surface area contributed by atoms with Crippen molar-refractivity contribution in [3.05, 3.63) is 0 Å². The maximum Gasteiger partial charge on any atom is 0.0896 e. The number of thioether (sulfide) groups is 1. The third-order valence-electron chi connectivity index (χ3n) is 4.29. The van der Waals surface area contributed by atoms with E-state index in [0.717, 1.165) is 19.6 Å². The van der Waals surface area contributed by atoms with Crippen LogP contribution in [-0.2, 0) is 4.74 Å². The summed E-state index contributed by atoms with van der Waals surface area (Å²) >= 11 is 2.04. The molecule has 3 unspecified atom stereocenters. The van der Waals surface area contributed by atoms with Crippen LogP contribution >= 0.6 is 11.8 Å². The molecule has 0 aromatic heterocycles. The Morgan fingerprint density at radius 2 is 1.94 bits per heavy atom. The first-order chi connectivity index (χ1) is 8.22. The summed E-state index contributed by atoms with van der Waals surface area (Å²) in [5.41, 5.74) is -0.666. The quantitative estimate of drug-likeness (QED) is 0.834. The zero-order chi connectivity index (χ0) is 13.6. The molecule has 2 heterocycles. The molecule has 2 rings (SSSR count). The van der Waals surface area contributed by atoms with E-state index in [-0.39, 0.29) is 17.6 Å². The minimum absolute atomic E-state index is 0.197.